The SMILES string of the molecule is Cc1nnc(CN=C(NC2CCCC2)NC2CCC3CCCCC3C2)n1C. The predicted octanol–water partition coefficient (Wildman–Crippen LogP) is 3.46. The quantitative estimate of drug-likeness (QED) is 0.627. The van der Waals surface area contributed by atoms with Gasteiger partial charge in [-0.15, -0.1) is 10.2 Å². The number of aryl methyl sites for hydroxylation is 1. The first-order valence-electron chi connectivity index (χ1n) is 11.1. The van der Waals surface area contributed by atoms with Crippen LogP contribution in [0.4, 0.5) is 0 Å². The number of hydrogen-bond donors (Lipinski definition) is 2. The largest absolute Gasteiger partial charge is 0.354 e. The minimum Gasteiger partial charge on any atom is -0.354 e. The summed E-state index contributed by atoms with van der Waals surface area (Å²) in [5, 5.41) is 15.9. The summed E-state index contributed by atoms with van der Waals surface area (Å²) in [6.45, 7) is 2.57. The molecule has 27 heavy (non-hydrogen) atoms. The summed E-state index contributed by atoms with van der Waals surface area (Å²) in [6, 6.07) is 1.14. The topological polar surface area (TPSA) is 67.1 Å². The Morgan fingerprint density at radius 3 is 2.37 bits per heavy atom. The van der Waals surface area contributed by atoms with Gasteiger partial charge in [0.1, 0.15) is 12.4 Å². The molecule has 6 nitrogen and oxygen atoms in total. The second-order valence-corrected chi connectivity index (χ2v) is 8.97. The molecule has 0 amide bonds. The maximum absolute atomic E-state index is 4.90. The first-order chi connectivity index (χ1) is 13.2. The second-order valence-electron chi connectivity index (χ2n) is 8.97. The maximum Gasteiger partial charge on any atom is 0.192 e. The van der Waals surface area contributed by atoms with E-state index in [2.05, 4.69) is 20.8 Å². The van der Waals surface area contributed by atoms with Crippen LogP contribution in [0.15, 0.2) is 4.99 Å². The fourth-order valence-electron chi connectivity index (χ4n) is 5.33. The lowest BCUT2D eigenvalue weighted by Crippen LogP contribution is -2.49. The molecule has 3 aliphatic carbocycles. The summed E-state index contributed by atoms with van der Waals surface area (Å²) in [6.07, 6.45) is 15.0. The van der Waals surface area contributed by atoms with Crippen LogP contribution in [0.3, 0.4) is 0 Å². The van der Waals surface area contributed by atoms with E-state index in [0.29, 0.717) is 18.6 Å². The van der Waals surface area contributed by atoms with Crippen molar-refractivity contribution in [2.45, 2.75) is 96.2 Å². The van der Waals surface area contributed by atoms with Gasteiger partial charge in [-0.3, -0.25) is 0 Å². The van der Waals surface area contributed by atoms with Gasteiger partial charge in [0.25, 0.3) is 0 Å². The Bertz CT molecular complexity index is 645. The van der Waals surface area contributed by atoms with Crippen molar-refractivity contribution >= 4 is 5.96 Å². The van der Waals surface area contributed by atoms with Gasteiger partial charge >= 0.3 is 0 Å². The average molecular weight is 373 g/mol. The molecule has 0 aliphatic heterocycles. The minimum atomic E-state index is 0.568. The zero-order valence-electron chi connectivity index (χ0n) is 17.1. The molecule has 1 aromatic heterocycles. The number of aliphatic imine (C=N–C) groups is 1. The van der Waals surface area contributed by atoms with Crippen LogP contribution in [0.25, 0.3) is 0 Å². The van der Waals surface area contributed by atoms with Crippen LogP contribution in [0.2, 0.25) is 0 Å². The standard InChI is InChI=1S/C21H36N6/c1-15-25-26-20(27(15)2)14-22-21(23-18-9-5-6-10-18)24-19-12-11-16-7-3-4-8-17(16)13-19/h16-19H,3-14H2,1-2H3,(H2,22,23,24). The van der Waals surface area contributed by atoms with Crippen molar-refractivity contribution in [1.29, 1.82) is 0 Å². The van der Waals surface area contributed by atoms with E-state index in [-0.39, 0.29) is 0 Å². The van der Waals surface area contributed by atoms with E-state index in [1.54, 1.807) is 0 Å². The molecule has 3 saturated carbocycles. The highest BCUT2D eigenvalue weighted by Crippen LogP contribution is 2.40. The lowest BCUT2D eigenvalue weighted by molar-refractivity contribution is 0.150. The third kappa shape index (κ3) is 4.64. The third-order valence-corrected chi connectivity index (χ3v) is 7.14. The fourth-order valence-corrected chi connectivity index (χ4v) is 5.33. The van der Waals surface area contributed by atoms with Gasteiger partial charge in [-0.05, 0) is 50.9 Å². The molecule has 0 saturated heterocycles. The predicted molar refractivity (Wildman–Crippen MR) is 108 cm³/mol. The van der Waals surface area contributed by atoms with E-state index >= 15 is 0 Å². The van der Waals surface area contributed by atoms with Gasteiger partial charge in [-0.25, -0.2) is 4.99 Å². The molecule has 3 unspecified atom stereocenters. The van der Waals surface area contributed by atoms with Crippen molar-refractivity contribution in [3.05, 3.63) is 11.6 Å². The Morgan fingerprint density at radius 1 is 0.926 bits per heavy atom. The fraction of sp³-hybridized carbons (Fsp3) is 0.857. The number of aromatic nitrogens is 3. The van der Waals surface area contributed by atoms with Crippen LogP contribution in [0, 0.1) is 18.8 Å². The summed E-state index contributed by atoms with van der Waals surface area (Å²) < 4.78 is 2.03. The second kappa shape index (κ2) is 8.61. The Kier molecular flexibility index (Phi) is 5.98. The number of guanidine groups is 1. The van der Waals surface area contributed by atoms with Crippen LogP contribution < -0.4 is 10.6 Å². The summed E-state index contributed by atoms with van der Waals surface area (Å²) in [5.41, 5.74) is 0. The van der Waals surface area contributed by atoms with Gasteiger partial charge in [0, 0.05) is 19.1 Å². The van der Waals surface area contributed by atoms with Crippen molar-refractivity contribution in [3.63, 3.8) is 0 Å². The van der Waals surface area contributed by atoms with Crippen molar-refractivity contribution in [1.82, 2.24) is 25.4 Å². The molecule has 0 bridgehead atoms. The smallest absolute Gasteiger partial charge is 0.192 e. The number of hydrogen-bond acceptors (Lipinski definition) is 3. The number of nitrogens with zero attached hydrogens (tertiary/aromatic N) is 4. The molecular weight excluding hydrogens is 336 g/mol. The van der Waals surface area contributed by atoms with Gasteiger partial charge in [0.15, 0.2) is 11.8 Å². The minimum absolute atomic E-state index is 0.568. The van der Waals surface area contributed by atoms with E-state index in [4.69, 9.17) is 4.99 Å². The molecule has 0 spiro atoms. The zero-order chi connectivity index (χ0) is 18.6. The van der Waals surface area contributed by atoms with Gasteiger partial charge in [-0.2, -0.15) is 0 Å². The molecule has 0 aromatic carbocycles. The Hall–Kier alpha value is -1.59. The van der Waals surface area contributed by atoms with Crippen LogP contribution >= 0.6 is 0 Å². The highest BCUT2D eigenvalue weighted by Gasteiger charge is 2.32. The first kappa shape index (κ1) is 18.8. The maximum atomic E-state index is 4.90. The Labute approximate surface area is 163 Å². The monoisotopic (exact) mass is 372 g/mol. The lowest BCUT2D eigenvalue weighted by Gasteiger charge is -2.40. The van der Waals surface area contributed by atoms with E-state index in [1.165, 1.54) is 70.6 Å². The van der Waals surface area contributed by atoms with Crippen LogP contribution in [0.5, 0.6) is 0 Å². The number of fused-ring (bicyclic) bond motifs is 1. The molecule has 3 atom stereocenters. The van der Waals surface area contributed by atoms with Crippen LogP contribution in [-0.2, 0) is 13.6 Å². The molecular formula is C21H36N6. The van der Waals surface area contributed by atoms with Gasteiger partial charge in [0.05, 0.1) is 0 Å². The Morgan fingerprint density at radius 2 is 1.63 bits per heavy atom. The summed E-state index contributed by atoms with van der Waals surface area (Å²) in [5.74, 6) is 4.77. The Balaban J connectivity index is 1.41. The van der Waals surface area contributed by atoms with Crippen molar-refractivity contribution in [2.75, 3.05) is 0 Å². The molecule has 4 rings (SSSR count). The highest BCUT2D eigenvalue weighted by atomic mass is 15.3. The molecule has 3 fully saturated rings. The molecule has 2 N–H and O–H groups in total. The highest BCUT2D eigenvalue weighted by molar-refractivity contribution is 5.80. The van der Waals surface area contributed by atoms with Crippen LogP contribution in [-0.4, -0.2) is 32.8 Å². The molecule has 0 radical (unpaired) electrons. The van der Waals surface area contributed by atoms with Crippen LogP contribution in [0.1, 0.15) is 82.3 Å². The molecule has 1 aromatic rings. The van der Waals surface area contributed by atoms with Crippen molar-refractivity contribution in [2.24, 2.45) is 23.9 Å². The zero-order valence-corrected chi connectivity index (χ0v) is 17.1. The molecule has 150 valence electrons. The number of nitrogens with one attached hydrogen (secondary N) is 2. The van der Waals surface area contributed by atoms with E-state index in [0.717, 1.165) is 29.4 Å². The third-order valence-electron chi connectivity index (χ3n) is 7.14. The normalized spacial score (nSPS) is 29.6. The molecule has 6 heteroatoms. The average Bonchev–Trinajstić information content (AvgIpc) is 3.30. The summed E-state index contributed by atoms with van der Waals surface area (Å²) >= 11 is 0. The van der Waals surface area contributed by atoms with Gasteiger partial charge in [-0.1, -0.05) is 38.5 Å². The van der Waals surface area contributed by atoms with Gasteiger partial charge in [0.2, 0.25) is 0 Å². The van der Waals surface area contributed by atoms with Crippen molar-refractivity contribution < 1.29 is 0 Å². The first-order valence-corrected chi connectivity index (χ1v) is 11.1. The van der Waals surface area contributed by atoms with Gasteiger partial charge < -0.3 is 15.2 Å². The molecule has 3 aliphatic rings. The van der Waals surface area contributed by atoms with E-state index in [1.807, 2.05) is 18.5 Å². The number of rotatable bonds is 4. The summed E-state index contributed by atoms with van der Waals surface area (Å²) in [7, 11) is 2.02. The van der Waals surface area contributed by atoms with Crippen molar-refractivity contribution in [3.8, 4) is 0 Å². The lowest BCUT2D eigenvalue weighted by atomic mass is 9.69. The summed E-state index contributed by atoms with van der Waals surface area (Å²) in [4.78, 5) is 4.90. The van der Waals surface area contributed by atoms with E-state index in [9.17, 15) is 0 Å². The van der Waals surface area contributed by atoms with E-state index < -0.39 is 0 Å². The molecule has 1 heterocycles.